The van der Waals surface area contributed by atoms with Crippen LogP contribution in [0.4, 0.5) is 5.69 Å². The average molecular weight is 275 g/mol. The van der Waals surface area contributed by atoms with E-state index < -0.39 is 0 Å². The van der Waals surface area contributed by atoms with Gasteiger partial charge in [-0.15, -0.1) is 11.3 Å². The molecule has 0 aliphatic carbocycles. The van der Waals surface area contributed by atoms with Crippen molar-refractivity contribution in [2.75, 3.05) is 5.73 Å². The molecule has 0 spiro atoms. The zero-order valence-electron chi connectivity index (χ0n) is 11.9. The van der Waals surface area contributed by atoms with E-state index >= 15 is 0 Å². The molecule has 0 aliphatic heterocycles. The van der Waals surface area contributed by atoms with Crippen LogP contribution in [0.2, 0.25) is 0 Å². The first-order valence-electron chi connectivity index (χ1n) is 6.49. The highest BCUT2D eigenvalue weighted by Crippen LogP contribution is 2.24. The molecule has 4 heteroatoms. The van der Waals surface area contributed by atoms with Gasteiger partial charge in [-0.2, -0.15) is 0 Å². The third-order valence-corrected chi connectivity index (χ3v) is 4.53. The summed E-state index contributed by atoms with van der Waals surface area (Å²) in [5, 5.41) is 4.67. The van der Waals surface area contributed by atoms with Gasteiger partial charge in [0.1, 0.15) is 0 Å². The lowest BCUT2D eigenvalue weighted by Crippen LogP contribution is -2.18. The van der Waals surface area contributed by atoms with E-state index in [1.807, 2.05) is 13.0 Å². The lowest BCUT2D eigenvalue weighted by molar-refractivity contribution is 0.579. The first-order valence-corrected chi connectivity index (χ1v) is 7.31. The van der Waals surface area contributed by atoms with Gasteiger partial charge in [-0.3, -0.25) is 0 Å². The van der Waals surface area contributed by atoms with Crippen LogP contribution in [0.3, 0.4) is 0 Å². The summed E-state index contributed by atoms with van der Waals surface area (Å²) in [6, 6.07) is 6.51. The quantitative estimate of drug-likeness (QED) is 0.840. The van der Waals surface area contributed by atoms with E-state index in [0.29, 0.717) is 6.04 Å². The minimum absolute atomic E-state index is 0.323. The summed E-state index contributed by atoms with van der Waals surface area (Å²) in [7, 11) is 0. The Kier molecular flexibility index (Phi) is 4.22. The summed E-state index contributed by atoms with van der Waals surface area (Å²) in [6.45, 7) is 9.20. The molecule has 0 amide bonds. The third-order valence-electron chi connectivity index (χ3n) is 3.28. The van der Waals surface area contributed by atoms with Crippen molar-refractivity contribution < 1.29 is 0 Å². The highest BCUT2D eigenvalue weighted by Gasteiger charge is 2.12. The van der Waals surface area contributed by atoms with Crippen LogP contribution in [0.15, 0.2) is 18.2 Å². The number of benzene rings is 1. The van der Waals surface area contributed by atoms with Crippen LogP contribution >= 0.6 is 11.3 Å². The van der Waals surface area contributed by atoms with Crippen molar-refractivity contribution in [1.82, 2.24) is 10.3 Å². The van der Waals surface area contributed by atoms with Gasteiger partial charge >= 0.3 is 0 Å². The van der Waals surface area contributed by atoms with Crippen molar-refractivity contribution in [3.63, 3.8) is 0 Å². The van der Waals surface area contributed by atoms with E-state index in [0.717, 1.165) is 28.5 Å². The van der Waals surface area contributed by atoms with E-state index in [9.17, 15) is 0 Å². The highest BCUT2D eigenvalue weighted by atomic mass is 32.1. The second kappa shape index (κ2) is 5.72. The normalized spacial score (nSPS) is 12.6. The Morgan fingerprint density at radius 1 is 1.32 bits per heavy atom. The molecule has 0 bridgehead atoms. The number of nitrogens with zero attached hydrogens (tertiary/aromatic N) is 1. The molecule has 2 rings (SSSR count). The number of anilines is 1. The predicted octanol–water partition coefficient (Wildman–Crippen LogP) is 3.50. The number of nitrogens with one attached hydrogen (secondary N) is 1. The van der Waals surface area contributed by atoms with Gasteiger partial charge < -0.3 is 11.1 Å². The van der Waals surface area contributed by atoms with E-state index in [1.54, 1.807) is 11.3 Å². The molecular weight excluding hydrogens is 254 g/mol. The van der Waals surface area contributed by atoms with Crippen LogP contribution in [-0.2, 0) is 6.54 Å². The summed E-state index contributed by atoms with van der Waals surface area (Å²) < 4.78 is 0. The molecule has 1 atom stereocenters. The standard InChI is InChI=1S/C15H21N3S/c1-9-7-13(5-6-14(9)16)8-17-10(2)15-11(3)18-12(4)19-15/h5-7,10,17H,8,16H2,1-4H3. The Morgan fingerprint density at radius 2 is 2.05 bits per heavy atom. The molecule has 0 fully saturated rings. The maximum absolute atomic E-state index is 5.83. The van der Waals surface area contributed by atoms with Gasteiger partial charge in [0.15, 0.2) is 0 Å². The average Bonchev–Trinajstić information content (AvgIpc) is 2.70. The van der Waals surface area contributed by atoms with E-state index in [-0.39, 0.29) is 0 Å². The van der Waals surface area contributed by atoms with Gasteiger partial charge in [-0.25, -0.2) is 4.98 Å². The maximum Gasteiger partial charge on any atom is 0.0900 e. The first-order chi connectivity index (χ1) is 8.97. The van der Waals surface area contributed by atoms with Crippen molar-refractivity contribution in [1.29, 1.82) is 0 Å². The molecule has 3 N–H and O–H groups in total. The number of aromatic nitrogens is 1. The van der Waals surface area contributed by atoms with Crippen LogP contribution in [0.25, 0.3) is 0 Å². The Morgan fingerprint density at radius 3 is 2.63 bits per heavy atom. The largest absolute Gasteiger partial charge is 0.399 e. The van der Waals surface area contributed by atoms with Crippen molar-refractivity contribution >= 4 is 17.0 Å². The second-order valence-corrected chi connectivity index (χ2v) is 6.21. The van der Waals surface area contributed by atoms with Crippen LogP contribution in [0.1, 0.15) is 39.7 Å². The highest BCUT2D eigenvalue weighted by molar-refractivity contribution is 7.11. The molecule has 0 radical (unpaired) electrons. The van der Waals surface area contributed by atoms with Crippen LogP contribution in [0.5, 0.6) is 0 Å². The number of aryl methyl sites for hydroxylation is 3. The first kappa shape index (κ1) is 14.0. The van der Waals surface area contributed by atoms with Crippen molar-refractivity contribution in [3.8, 4) is 0 Å². The minimum Gasteiger partial charge on any atom is -0.399 e. The smallest absolute Gasteiger partial charge is 0.0900 e. The van der Waals surface area contributed by atoms with Gasteiger partial charge in [0, 0.05) is 23.2 Å². The summed E-state index contributed by atoms with van der Waals surface area (Å²) in [5.74, 6) is 0. The molecule has 1 heterocycles. The number of hydrogen-bond acceptors (Lipinski definition) is 4. The maximum atomic E-state index is 5.83. The molecule has 0 aliphatic rings. The summed E-state index contributed by atoms with van der Waals surface area (Å²) >= 11 is 1.77. The number of nitrogens with two attached hydrogens (primary N) is 1. The van der Waals surface area contributed by atoms with Gasteiger partial charge in [0.05, 0.1) is 10.7 Å². The van der Waals surface area contributed by atoms with E-state index in [1.165, 1.54) is 10.4 Å². The lowest BCUT2D eigenvalue weighted by Gasteiger charge is -2.13. The second-order valence-electron chi connectivity index (χ2n) is 4.98. The van der Waals surface area contributed by atoms with Gasteiger partial charge in [0.2, 0.25) is 0 Å². The lowest BCUT2D eigenvalue weighted by atomic mass is 10.1. The fourth-order valence-corrected chi connectivity index (χ4v) is 3.11. The predicted molar refractivity (Wildman–Crippen MR) is 82.4 cm³/mol. The molecule has 102 valence electrons. The molecule has 0 saturated carbocycles. The van der Waals surface area contributed by atoms with Crippen LogP contribution in [0, 0.1) is 20.8 Å². The molecule has 1 aromatic carbocycles. The molecule has 1 unspecified atom stereocenters. The fraction of sp³-hybridized carbons (Fsp3) is 0.400. The Balaban J connectivity index is 2.02. The van der Waals surface area contributed by atoms with Crippen LogP contribution < -0.4 is 11.1 Å². The van der Waals surface area contributed by atoms with Crippen LogP contribution in [-0.4, -0.2) is 4.98 Å². The van der Waals surface area contributed by atoms with E-state index in [2.05, 4.69) is 43.2 Å². The van der Waals surface area contributed by atoms with Crippen molar-refractivity contribution in [3.05, 3.63) is 44.9 Å². The Hall–Kier alpha value is -1.39. The number of hydrogen-bond donors (Lipinski definition) is 2. The third kappa shape index (κ3) is 3.33. The van der Waals surface area contributed by atoms with E-state index in [4.69, 9.17) is 5.73 Å². The zero-order valence-corrected chi connectivity index (χ0v) is 12.8. The molecule has 0 saturated heterocycles. The molecule has 3 nitrogen and oxygen atoms in total. The fourth-order valence-electron chi connectivity index (χ4n) is 2.16. The van der Waals surface area contributed by atoms with Gasteiger partial charge in [-0.1, -0.05) is 12.1 Å². The monoisotopic (exact) mass is 275 g/mol. The van der Waals surface area contributed by atoms with Gasteiger partial charge in [-0.05, 0) is 44.9 Å². The number of nitrogen functional groups attached to an aromatic ring is 1. The molecule has 1 aromatic heterocycles. The summed E-state index contributed by atoms with van der Waals surface area (Å²) in [5.41, 5.74) is 10.2. The number of thiazole rings is 1. The van der Waals surface area contributed by atoms with Crippen molar-refractivity contribution in [2.24, 2.45) is 0 Å². The Bertz CT molecular complexity index is 575. The topological polar surface area (TPSA) is 50.9 Å². The molecular formula is C15H21N3S. The minimum atomic E-state index is 0.323. The van der Waals surface area contributed by atoms with Crippen molar-refractivity contribution in [2.45, 2.75) is 40.3 Å². The summed E-state index contributed by atoms with van der Waals surface area (Å²) in [6.07, 6.45) is 0. The molecule has 2 aromatic rings. The zero-order chi connectivity index (χ0) is 14.0. The SMILES string of the molecule is Cc1nc(C)c(C(C)NCc2ccc(N)c(C)c2)s1. The Labute approximate surface area is 118 Å². The molecule has 19 heavy (non-hydrogen) atoms. The van der Waals surface area contributed by atoms with Gasteiger partial charge in [0.25, 0.3) is 0 Å². The summed E-state index contributed by atoms with van der Waals surface area (Å²) in [4.78, 5) is 5.80. The number of rotatable bonds is 4.